The van der Waals surface area contributed by atoms with Crippen LogP contribution in [0.2, 0.25) is 0 Å². The van der Waals surface area contributed by atoms with Crippen LogP contribution in [0.1, 0.15) is 20.3 Å². The van der Waals surface area contributed by atoms with Crippen LogP contribution in [-0.2, 0) is 9.84 Å². The summed E-state index contributed by atoms with van der Waals surface area (Å²) in [7, 11) is -2.84. The lowest BCUT2D eigenvalue weighted by atomic mass is 10.1. The monoisotopic (exact) mass is 223 g/mol. The first kappa shape index (κ1) is 13.9. The number of aliphatic hydroxyl groups is 1. The van der Waals surface area contributed by atoms with Crippen LogP contribution in [0.25, 0.3) is 0 Å². The molecular formula is C9H21NO3S. The molecule has 0 aromatic carbocycles. The van der Waals surface area contributed by atoms with Crippen LogP contribution < -0.4 is 5.32 Å². The predicted molar refractivity (Wildman–Crippen MR) is 58.1 cm³/mol. The van der Waals surface area contributed by atoms with Gasteiger partial charge in [-0.15, -0.1) is 0 Å². The molecule has 0 heterocycles. The molecule has 0 spiro atoms. The number of sulfone groups is 1. The van der Waals surface area contributed by atoms with Gasteiger partial charge in [-0.05, 0) is 18.9 Å². The van der Waals surface area contributed by atoms with E-state index in [0.717, 1.165) is 13.0 Å². The van der Waals surface area contributed by atoms with Gasteiger partial charge in [0, 0.05) is 18.9 Å². The van der Waals surface area contributed by atoms with Crippen molar-refractivity contribution in [2.75, 3.05) is 31.2 Å². The van der Waals surface area contributed by atoms with Gasteiger partial charge in [0.1, 0.15) is 0 Å². The van der Waals surface area contributed by atoms with Crippen molar-refractivity contribution in [2.24, 2.45) is 5.92 Å². The highest BCUT2D eigenvalue weighted by molar-refractivity contribution is 7.91. The number of hydrogen-bond acceptors (Lipinski definition) is 4. The maximum absolute atomic E-state index is 11.1. The van der Waals surface area contributed by atoms with Gasteiger partial charge in [0.2, 0.25) is 0 Å². The van der Waals surface area contributed by atoms with E-state index in [1.54, 1.807) is 6.92 Å². The summed E-state index contributed by atoms with van der Waals surface area (Å²) < 4.78 is 22.2. The van der Waals surface area contributed by atoms with Crippen LogP contribution in [0.4, 0.5) is 0 Å². The van der Waals surface area contributed by atoms with Crippen LogP contribution in [-0.4, -0.2) is 44.7 Å². The highest BCUT2D eigenvalue weighted by Gasteiger charge is 2.06. The minimum atomic E-state index is -2.84. The van der Waals surface area contributed by atoms with Crippen LogP contribution in [0, 0.1) is 5.92 Å². The fourth-order valence-corrected chi connectivity index (χ4v) is 1.79. The van der Waals surface area contributed by atoms with Gasteiger partial charge in [-0.2, -0.15) is 0 Å². The van der Waals surface area contributed by atoms with E-state index in [2.05, 4.69) is 5.32 Å². The van der Waals surface area contributed by atoms with Crippen LogP contribution in [0.5, 0.6) is 0 Å². The molecule has 0 aromatic heterocycles. The van der Waals surface area contributed by atoms with Crippen molar-refractivity contribution in [1.82, 2.24) is 5.32 Å². The van der Waals surface area contributed by atoms with Gasteiger partial charge >= 0.3 is 0 Å². The zero-order valence-electron chi connectivity index (χ0n) is 8.99. The maximum Gasteiger partial charge on any atom is 0.151 e. The van der Waals surface area contributed by atoms with Gasteiger partial charge in [-0.25, -0.2) is 8.42 Å². The molecule has 0 rings (SSSR count). The molecule has 0 bridgehead atoms. The molecule has 0 aliphatic rings. The molecule has 86 valence electrons. The normalized spacial score (nSPS) is 14.2. The largest absolute Gasteiger partial charge is 0.396 e. The highest BCUT2D eigenvalue weighted by Crippen LogP contribution is 1.97. The van der Waals surface area contributed by atoms with Gasteiger partial charge in [-0.3, -0.25) is 0 Å². The molecule has 4 nitrogen and oxygen atoms in total. The fraction of sp³-hybridized carbons (Fsp3) is 1.00. The molecule has 0 aromatic rings. The summed E-state index contributed by atoms with van der Waals surface area (Å²) in [5, 5.41) is 11.7. The summed E-state index contributed by atoms with van der Waals surface area (Å²) in [4.78, 5) is 0. The first-order chi connectivity index (χ1) is 6.52. The van der Waals surface area contributed by atoms with Crippen molar-refractivity contribution in [3.8, 4) is 0 Å². The maximum atomic E-state index is 11.1. The van der Waals surface area contributed by atoms with E-state index >= 15 is 0 Å². The lowest BCUT2D eigenvalue weighted by Crippen LogP contribution is -2.28. The Morgan fingerprint density at radius 1 is 1.43 bits per heavy atom. The third kappa shape index (κ3) is 7.29. The standard InChI is InChI=1S/C9H21NO3S/c1-3-14(12,13)7-5-10-8-9(2)4-6-11/h9-11H,3-8H2,1-2H3. The van der Waals surface area contributed by atoms with Crippen molar-refractivity contribution in [3.63, 3.8) is 0 Å². The quantitative estimate of drug-likeness (QED) is 0.570. The van der Waals surface area contributed by atoms with Gasteiger partial charge in [-0.1, -0.05) is 13.8 Å². The Kier molecular flexibility index (Phi) is 7.13. The van der Waals surface area contributed by atoms with E-state index in [4.69, 9.17) is 5.11 Å². The topological polar surface area (TPSA) is 66.4 Å². The zero-order valence-corrected chi connectivity index (χ0v) is 9.81. The van der Waals surface area contributed by atoms with Crippen molar-refractivity contribution >= 4 is 9.84 Å². The first-order valence-corrected chi connectivity index (χ1v) is 6.86. The van der Waals surface area contributed by atoms with E-state index in [9.17, 15) is 8.42 Å². The second-order valence-electron chi connectivity index (χ2n) is 3.56. The highest BCUT2D eigenvalue weighted by atomic mass is 32.2. The summed E-state index contributed by atoms with van der Waals surface area (Å²) in [5.41, 5.74) is 0. The Balaban J connectivity index is 3.47. The van der Waals surface area contributed by atoms with Crippen molar-refractivity contribution < 1.29 is 13.5 Å². The third-order valence-corrected chi connectivity index (χ3v) is 3.85. The molecule has 0 aliphatic carbocycles. The fourth-order valence-electron chi connectivity index (χ4n) is 1.04. The molecule has 0 saturated heterocycles. The molecule has 14 heavy (non-hydrogen) atoms. The van der Waals surface area contributed by atoms with Gasteiger partial charge in [0.25, 0.3) is 0 Å². The van der Waals surface area contributed by atoms with Crippen molar-refractivity contribution in [2.45, 2.75) is 20.3 Å². The smallest absolute Gasteiger partial charge is 0.151 e. The molecule has 0 saturated carbocycles. The molecule has 2 N–H and O–H groups in total. The summed E-state index contributed by atoms with van der Waals surface area (Å²) in [6.07, 6.45) is 0.757. The van der Waals surface area contributed by atoms with Crippen molar-refractivity contribution in [1.29, 1.82) is 0 Å². The second-order valence-corrected chi connectivity index (χ2v) is 6.03. The van der Waals surface area contributed by atoms with E-state index < -0.39 is 9.84 Å². The average Bonchev–Trinajstić information content (AvgIpc) is 2.13. The van der Waals surface area contributed by atoms with E-state index in [0.29, 0.717) is 12.5 Å². The Bertz CT molecular complexity index is 226. The van der Waals surface area contributed by atoms with Crippen LogP contribution in [0.15, 0.2) is 0 Å². The third-order valence-electron chi connectivity index (χ3n) is 2.14. The minimum absolute atomic E-state index is 0.191. The number of rotatable bonds is 8. The molecular weight excluding hydrogens is 202 g/mol. The predicted octanol–water partition coefficient (Wildman–Crippen LogP) is 0.0292. The molecule has 0 amide bonds. The molecule has 1 atom stereocenters. The van der Waals surface area contributed by atoms with Gasteiger partial charge < -0.3 is 10.4 Å². The molecule has 5 heteroatoms. The Morgan fingerprint density at radius 3 is 2.57 bits per heavy atom. The van der Waals surface area contributed by atoms with Gasteiger partial charge in [0.05, 0.1) is 5.75 Å². The van der Waals surface area contributed by atoms with E-state index in [1.807, 2.05) is 6.92 Å². The zero-order chi connectivity index (χ0) is 11.0. The SMILES string of the molecule is CCS(=O)(=O)CCNCC(C)CCO. The summed E-state index contributed by atoms with van der Waals surface area (Å²) in [6.45, 7) is 5.14. The summed E-state index contributed by atoms with van der Waals surface area (Å²) >= 11 is 0. The molecule has 0 radical (unpaired) electrons. The Labute approximate surface area is 86.6 Å². The van der Waals surface area contributed by atoms with Crippen LogP contribution >= 0.6 is 0 Å². The first-order valence-electron chi connectivity index (χ1n) is 5.03. The minimum Gasteiger partial charge on any atom is -0.396 e. The second kappa shape index (κ2) is 7.20. The van der Waals surface area contributed by atoms with Gasteiger partial charge in [0.15, 0.2) is 9.84 Å². The van der Waals surface area contributed by atoms with Crippen molar-refractivity contribution in [3.05, 3.63) is 0 Å². The number of hydrogen-bond donors (Lipinski definition) is 2. The lowest BCUT2D eigenvalue weighted by Gasteiger charge is -2.10. The molecule has 0 aliphatic heterocycles. The Morgan fingerprint density at radius 2 is 2.07 bits per heavy atom. The summed E-state index contributed by atoms with van der Waals surface area (Å²) in [6, 6.07) is 0. The lowest BCUT2D eigenvalue weighted by molar-refractivity contribution is 0.260. The molecule has 1 unspecified atom stereocenters. The summed E-state index contributed by atoms with van der Waals surface area (Å²) in [5.74, 6) is 0.806. The van der Waals surface area contributed by atoms with Crippen LogP contribution in [0.3, 0.4) is 0 Å². The number of nitrogens with one attached hydrogen (secondary N) is 1. The average molecular weight is 223 g/mol. The van der Waals surface area contributed by atoms with E-state index in [1.165, 1.54) is 0 Å². The number of aliphatic hydroxyl groups excluding tert-OH is 1. The molecule has 0 fully saturated rings. The van der Waals surface area contributed by atoms with E-state index in [-0.39, 0.29) is 18.1 Å². The Hall–Kier alpha value is -0.130.